The van der Waals surface area contributed by atoms with Gasteiger partial charge in [0.15, 0.2) is 5.75 Å². The van der Waals surface area contributed by atoms with Gasteiger partial charge in [0.2, 0.25) is 0 Å². The summed E-state index contributed by atoms with van der Waals surface area (Å²) in [5.41, 5.74) is 1.32. The van der Waals surface area contributed by atoms with Crippen molar-refractivity contribution in [2.75, 3.05) is 11.9 Å². The van der Waals surface area contributed by atoms with Crippen LogP contribution in [0.4, 0.5) is 18.9 Å². The number of rotatable bonds is 5. The smallest absolute Gasteiger partial charge is 0.404 e. The molecule has 106 valence electrons. The number of para-hydroxylation sites is 2. The summed E-state index contributed by atoms with van der Waals surface area (Å²) in [6.07, 6.45) is -0.640. The van der Waals surface area contributed by atoms with Gasteiger partial charge in [-0.05, 0) is 30.2 Å². The number of nitrogens with one attached hydrogen (secondary N) is 1. The van der Waals surface area contributed by atoms with Crippen LogP contribution in [0.5, 0.6) is 5.75 Å². The minimum Gasteiger partial charge on any atom is -0.404 e. The zero-order valence-electron chi connectivity index (χ0n) is 10.5. The maximum absolute atomic E-state index is 12.3. The number of pyridine rings is 1. The van der Waals surface area contributed by atoms with E-state index < -0.39 is 6.36 Å². The second-order valence-corrected chi connectivity index (χ2v) is 4.08. The number of ether oxygens (including phenoxy) is 1. The third-order valence-electron chi connectivity index (χ3n) is 2.56. The maximum atomic E-state index is 12.3. The summed E-state index contributed by atoms with van der Waals surface area (Å²) in [7, 11) is 0. The molecular weight excluding hydrogens is 269 g/mol. The van der Waals surface area contributed by atoms with Gasteiger partial charge in [-0.2, -0.15) is 0 Å². The molecule has 0 amide bonds. The van der Waals surface area contributed by atoms with Crippen molar-refractivity contribution in [1.82, 2.24) is 4.98 Å². The molecule has 3 nitrogen and oxygen atoms in total. The Morgan fingerprint density at radius 2 is 1.90 bits per heavy atom. The molecule has 0 aliphatic carbocycles. The lowest BCUT2D eigenvalue weighted by molar-refractivity contribution is -0.274. The van der Waals surface area contributed by atoms with Crippen LogP contribution >= 0.6 is 0 Å². The molecule has 0 fully saturated rings. The van der Waals surface area contributed by atoms with Crippen LogP contribution in [0, 0.1) is 0 Å². The Bertz CT molecular complexity index is 544. The van der Waals surface area contributed by atoms with E-state index in [1.165, 1.54) is 12.1 Å². The summed E-state index contributed by atoms with van der Waals surface area (Å²) in [5.74, 6) is -0.230. The predicted molar refractivity (Wildman–Crippen MR) is 69.6 cm³/mol. The van der Waals surface area contributed by atoms with Gasteiger partial charge >= 0.3 is 6.36 Å². The first-order chi connectivity index (χ1) is 9.54. The van der Waals surface area contributed by atoms with Gasteiger partial charge in [0.05, 0.1) is 5.69 Å². The summed E-state index contributed by atoms with van der Waals surface area (Å²) >= 11 is 0. The zero-order chi connectivity index (χ0) is 14.4. The average Bonchev–Trinajstić information content (AvgIpc) is 2.40. The molecule has 0 saturated carbocycles. The molecule has 1 heterocycles. The fourth-order valence-electron chi connectivity index (χ4n) is 1.71. The normalized spacial score (nSPS) is 11.2. The Kier molecular flexibility index (Phi) is 4.45. The van der Waals surface area contributed by atoms with Gasteiger partial charge in [-0.15, -0.1) is 13.2 Å². The van der Waals surface area contributed by atoms with E-state index in [1.54, 1.807) is 24.5 Å². The molecule has 1 aromatic heterocycles. The monoisotopic (exact) mass is 282 g/mol. The topological polar surface area (TPSA) is 34.1 Å². The second-order valence-electron chi connectivity index (χ2n) is 4.08. The predicted octanol–water partition coefficient (Wildman–Crippen LogP) is 3.63. The van der Waals surface area contributed by atoms with Crippen LogP contribution in [-0.4, -0.2) is 17.9 Å². The third kappa shape index (κ3) is 4.46. The standard InChI is InChI=1S/C14H13F3N2O/c15-14(16,17)20-13-6-2-1-5-12(13)19-9-7-11-4-3-8-18-10-11/h1-6,8,10,19H,7,9H2. The first-order valence-corrected chi connectivity index (χ1v) is 6.02. The van der Waals surface area contributed by atoms with Crippen LogP contribution in [0.2, 0.25) is 0 Å². The first kappa shape index (κ1) is 14.2. The van der Waals surface area contributed by atoms with Crippen molar-refractivity contribution in [2.45, 2.75) is 12.8 Å². The lowest BCUT2D eigenvalue weighted by atomic mass is 10.2. The molecule has 0 saturated heterocycles. The van der Waals surface area contributed by atoms with Crippen molar-refractivity contribution in [3.05, 3.63) is 54.4 Å². The van der Waals surface area contributed by atoms with E-state index in [0.717, 1.165) is 5.56 Å². The summed E-state index contributed by atoms with van der Waals surface area (Å²) in [4.78, 5) is 3.98. The SMILES string of the molecule is FC(F)(F)Oc1ccccc1NCCc1cccnc1. The summed E-state index contributed by atoms with van der Waals surface area (Å²) in [5, 5.41) is 2.93. The van der Waals surface area contributed by atoms with Gasteiger partial charge in [0, 0.05) is 18.9 Å². The van der Waals surface area contributed by atoms with E-state index >= 15 is 0 Å². The van der Waals surface area contributed by atoms with Crippen LogP contribution in [0.15, 0.2) is 48.8 Å². The Morgan fingerprint density at radius 1 is 1.10 bits per heavy atom. The van der Waals surface area contributed by atoms with E-state index in [-0.39, 0.29) is 5.75 Å². The van der Waals surface area contributed by atoms with E-state index in [2.05, 4.69) is 15.0 Å². The third-order valence-corrected chi connectivity index (χ3v) is 2.56. The van der Waals surface area contributed by atoms with Gasteiger partial charge in [0.1, 0.15) is 0 Å². The van der Waals surface area contributed by atoms with Gasteiger partial charge in [-0.1, -0.05) is 18.2 Å². The van der Waals surface area contributed by atoms with E-state index in [4.69, 9.17) is 0 Å². The summed E-state index contributed by atoms with van der Waals surface area (Å²) < 4.78 is 40.7. The Morgan fingerprint density at radius 3 is 2.60 bits per heavy atom. The molecular formula is C14H13F3N2O. The Balaban J connectivity index is 1.96. The highest BCUT2D eigenvalue weighted by atomic mass is 19.4. The highest BCUT2D eigenvalue weighted by molar-refractivity contribution is 5.56. The van der Waals surface area contributed by atoms with E-state index in [0.29, 0.717) is 18.7 Å². The second kappa shape index (κ2) is 6.27. The van der Waals surface area contributed by atoms with Crippen molar-refractivity contribution in [2.24, 2.45) is 0 Å². The average molecular weight is 282 g/mol. The van der Waals surface area contributed by atoms with Crippen LogP contribution in [0.1, 0.15) is 5.56 Å². The van der Waals surface area contributed by atoms with Crippen molar-refractivity contribution in [1.29, 1.82) is 0 Å². The largest absolute Gasteiger partial charge is 0.573 e. The molecule has 0 radical (unpaired) electrons. The molecule has 0 atom stereocenters. The maximum Gasteiger partial charge on any atom is 0.573 e. The van der Waals surface area contributed by atoms with Crippen molar-refractivity contribution in [3.63, 3.8) is 0 Å². The first-order valence-electron chi connectivity index (χ1n) is 6.02. The number of benzene rings is 1. The highest BCUT2D eigenvalue weighted by Crippen LogP contribution is 2.29. The molecule has 0 aliphatic heterocycles. The van der Waals surface area contributed by atoms with E-state index in [9.17, 15) is 13.2 Å². The molecule has 20 heavy (non-hydrogen) atoms. The van der Waals surface area contributed by atoms with Gasteiger partial charge in [-0.25, -0.2) is 0 Å². The Labute approximate surface area is 114 Å². The number of alkyl halides is 3. The molecule has 0 bridgehead atoms. The van der Waals surface area contributed by atoms with Crippen LogP contribution in [0.3, 0.4) is 0 Å². The molecule has 6 heteroatoms. The lowest BCUT2D eigenvalue weighted by Crippen LogP contribution is -2.18. The highest BCUT2D eigenvalue weighted by Gasteiger charge is 2.31. The Hall–Kier alpha value is -2.24. The van der Waals surface area contributed by atoms with Gasteiger partial charge in [-0.3, -0.25) is 4.98 Å². The molecule has 1 N–H and O–H groups in total. The number of aromatic nitrogens is 1. The molecule has 2 aromatic rings. The minimum atomic E-state index is -4.69. The number of nitrogens with zero attached hydrogens (tertiary/aromatic N) is 1. The number of hydrogen-bond acceptors (Lipinski definition) is 3. The molecule has 0 aliphatic rings. The van der Waals surface area contributed by atoms with Gasteiger partial charge < -0.3 is 10.1 Å². The van der Waals surface area contributed by atoms with Crippen molar-refractivity contribution < 1.29 is 17.9 Å². The van der Waals surface area contributed by atoms with Crippen LogP contribution in [0.25, 0.3) is 0 Å². The molecule has 2 rings (SSSR count). The van der Waals surface area contributed by atoms with E-state index in [1.807, 2.05) is 12.1 Å². The summed E-state index contributed by atoms with van der Waals surface area (Å²) in [6.45, 7) is 0.490. The summed E-state index contributed by atoms with van der Waals surface area (Å²) in [6, 6.07) is 9.69. The van der Waals surface area contributed by atoms with Crippen molar-refractivity contribution >= 4 is 5.69 Å². The fourth-order valence-corrected chi connectivity index (χ4v) is 1.71. The number of halogens is 3. The zero-order valence-corrected chi connectivity index (χ0v) is 10.5. The minimum absolute atomic E-state index is 0.230. The molecule has 0 spiro atoms. The lowest BCUT2D eigenvalue weighted by Gasteiger charge is -2.14. The van der Waals surface area contributed by atoms with Crippen LogP contribution < -0.4 is 10.1 Å². The molecule has 1 aromatic carbocycles. The van der Waals surface area contributed by atoms with Crippen molar-refractivity contribution in [3.8, 4) is 5.75 Å². The quantitative estimate of drug-likeness (QED) is 0.909. The van der Waals surface area contributed by atoms with Gasteiger partial charge in [0.25, 0.3) is 0 Å². The molecule has 0 unspecified atom stereocenters. The van der Waals surface area contributed by atoms with Crippen LogP contribution in [-0.2, 0) is 6.42 Å². The number of anilines is 1. The fraction of sp³-hybridized carbons (Fsp3) is 0.214. The number of hydrogen-bond donors (Lipinski definition) is 1.